The number of fused-ring (bicyclic) bond motifs is 1. The van der Waals surface area contributed by atoms with Gasteiger partial charge < -0.3 is 20.0 Å². The molecule has 1 atom stereocenters. The van der Waals surface area contributed by atoms with E-state index >= 15 is 0 Å². The number of carbonyl (C=O) groups excluding carboxylic acids is 2. The van der Waals surface area contributed by atoms with E-state index in [9.17, 15) is 9.59 Å². The average Bonchev–Trinajstić information content (AvgIpc) is 3.33. The molecule has 0 spiro atoms. The standard InChI is InChI=1S/C22H24N4O3/c1-15(27)24-17-10-8-16(9-11-17)13-21(28)23-14-18-5-4-12-26(18)22-25-19-6-2-3-7-20(19)29-22/h2-3,6-11,18H,4-5,12-14H2,1H3,(H,23,28)(H,24,27). The molecule has 2 N–H and O–H groups in total. The molecule has 4 rings (SSSR count). The zero-order valence-corrected chi connectivity index (χ0v) is 16.4. The minimum atomic E-state index is -0.115. The van der Waals surface area contributed by atoms with Crippen LogP contribution in [-0.2, 0) is 16.0 Å². The van der Waals surface area contributed by atoms with Crippen LogP contribution in [-0.4, -0.2) is 35.9 Å². The molecule has 1 saturated heterocycles. The zero-order chi connectivity index (χ0) is 20.2. The van der Waals surface area contributed by atoms with Crippen molar-refractivity contribution in [1.29, 1.82) is 0 Å². The molecule has 29 heavy (non-hydrogen) atoms. The third-order valence-electron chi connectivity index (χ3n) is 5.08. The Labute approximate surface area is 169 Å². The lowest BCUT2D eigenvalue weighted by Crippen LogP contribution is -2.40. The second kappa shape index (κ2) is 8.34. The third-order valence-corrected chi connectivity index (χ3v) is 5.08. The first-order valence-corrected chi connectivity index (χ1v) is 9.84. The topological polar surface area (TPSA) is 87.5 Å². The van der Waals surface area contributed by atoms with Crippen molar-refractivity contribution in [3.05, 3.63) is 54.1 Å². The maximum absolute atomic E-state index is 12.4. The number of amides is 2. The maximum atomic E-state index is 12.4. The fourth-order valence-corrected chi connectivity index (χ4v) is 3.67. The molecule has 0 saturated carbocycles. The Hall–Kier alpha value is -3.35. The number of benzene rings is 2. The summed E-state index contributed by atoms with van der Waals surface area (Å²) in [6, 6.07) is 15.8. The lowest BCUT2D eigenvalue weighted by Gasteiger charge is -2.23. The Balaban J connectivity index is 1.33. The lowest BCUT2D eigenvalue weighted by molar-refractivity contribution is -0.120. The number of rotatable bonds is 6. The molecule has 0 radical (unpaired) electrons. The molecule has 2 heterocycles. The molecular formula is C22H24N4O3. The summed E-state index contributed by atoms with van der Waals surface area (Å²) in [5.41, 5.74) is 3.25. The van der Waals surface area contributed by atoms with Crippen molar-refractivity contribution < 1.29 is 14.0 Å². The van der Waals surface area contributed by atoms with Crippen LogP contribution in [0.1, 0.15) is 25.3 Å². The van der Waals surface area contributed by atoms with Gasteiger partial charge in [0.05, 0.1) is 12.5 Å². The van der Waals surface area contributed by atoms with Gasteiger partial charge in [0.15, 0.2) is 5.58 Å². The molecule has 1 fully saturated rings. The highest BCUT2D eigenvalue weighted by Gasteiger charge is 2.28. The Morgan fingerprint density at radius 1 is 1.17 bits per heavy atom. The van der Waals surface area contributed by atoms with Crippen molar-refractivity contribution >= 4 is 34.6 Å². The summed E-state index contributed by atoms with van der Waals surface area (Å²) in [5.74, 6) is -0.141. The summed E-state index contributed by atoms with van der Waals surface area (Å²) >= 11 is 0. The normalized spacial score (nSPS) is 16.2. The number of hydrogen-bond acceptors (Lipinski definition) is 5. The smallest absolute Gasteiger partial charge is 0.298 e. The summed E-state index contributed by atoms with van der Waals surface area (Å²) in [5, 5.41) is 5.75. The van der Waals surface area contributed by atoms with Crippen molar-refractivity contribution in [2.45, 2.75) is 32.2 Å². The first-order chi connectivity index (χ1) is 14.1. The van der Waals surface area contributed by atoms with E-state index < -0.39 is 0 Å². The van der Waals surface area contributed by atoms with E-state index in [2.05, 4.69) is 20.5 Å². The fraction of sp³-hybridized carbons (Fsp3) is 0.318. The first kappa shape index (κ1) is 19.0. The quantitative estimate of drug-likeness (QED) is 0.673. The minimum absolute atomic E-state index is 0.0262. The van der Waals surface area contributed by atoms with E-state index in [1.165, 1.54) is 6.92 Å². The average molecular weight is 392 g/mol. The van der Waals surface area contributed by atoms with E-state index in [1.54, 1.807) is 12.1 Å². The van der Waals surface area contributed by atoms with Gasteiger partial charge in [-0.3, -0.25) is 9.59 Å². The number of anilines is 2. The van der Waals surface area contributed by atoms with Crippen LogP contribution in [0.4, 0.5) is 11.7 Å². The lowest BCUT2D eigenvalue weighted by atomic mass is 10.1. The molecule has 2 aromatic carbocycles. The Kier molecular flexibility index (Phi) is 5.46. The molecule has 1 aliphatic heterocycles. The molecule has 3 aromatic rings. The van der Waals surface area contributed by atoms with Crippen molar-refractivity contribution in [2.75, 3.05) is 23.3 Å². The number of nitrogens with zero attached hydrogens (tertiary/aromatic N) is 2. The highest BCUT2D eigenvalue weighted by Crippen LogP contribution is 2.28. The van der Waals surface area contributed by atoms with Crippen molar-refractivity contribution in [3.63, 3.8) is 0 Å². The van der Waals surface area contributed by atoms with Crippen LogP contribution in [0.25, 0.3) is 11.1 Å². The van der Waals surface area contributed by atoms with Gasteiger partial charge in [-0.25, -0.2) is 0 Å². The van der Waals surface area contributed by atoms with Gasteiger partial charge in [0.25, 0.3) is 6.01 Å². The summed E-state index contributed by atoms with van der Waals surface area (Å²) in [6.07, 6.45) is 2.34. The van der Waals surface area contributed by atoms with E-state index in [-0.39, 0.29) is 17.9 Å². The Morgan fingerprint density at radius 3 is 2.72 bits per heavy atom. The highest BCUT2D eigenvalue weighted by molar-refractivity contribution is 5.88. The van der Waals surface area contributed by atoms with Crippen LogP contribution in [0, 0.1) is 0 Å². The maximum Gasteiger partial charge on any atom is 0.298 e. The number of oxazole rings is 1. The van der Waals surface area contributed by atoms with Crippen molar-refractivity contribution in [1.82, 2.24) is 10.3 Å². The monoisotopic (exact) mass is 392 g/mol. The van der Waals surface area contributed by atoms with Gasteiger partial charge in [0.1, 0.15) is 5.52 Å². The molecule has 0 aliphatic carbocycles. The molecule has 2 amide bonds. The predicted molar refractivity (Wildman–Crippen MR) is 112 cm³/mol. The van der Waals surface area contributed by atoms with Gasteiger partial charge in [-0.05, 0) is 42.7 Å². The number of carbonyl (C=O) groups is 2. The van der Waals surface area contributed by atoms with Crippen LogP contribution < -0.4 is 15.5 Å². The van der Waals surface area contributed by atoms with E-state index in [4.69, 9.17) is 4.42 Å². The largest absolute Gasteiger partial charge is 0.423 e. The first-order valence-electron chi connectivity index (χ1n) is 9.84. The second-order valence-electron chi connectivity index (χ2n) is 7.31. The third kappa shape index (κ3) is 4.56. The Morgan fingerprint density at radius 2 is 1.97 bits per heavy atom. The fourth-order valence-electron chi connectivity index (χ4n) is 3.67. The van der Waals surface area contributed by atoms with Crippen LogP contribution in [0.3, 0.4) is 0 Å². The summed E-state index contributed by atoms with van der Waals surface area (Å²) in [4.78, 5) is 30.2. The summed E-state index contributed by atoms with van der Waals surface area (Å²) < 4.78 is 5.90. The molecule has 1 aliphatic rings. The molecule has 7 heteroatoms. The zero-order valence-electron chi connectivity index (χ0n) is 16.4. The van der Waals surface area contributed by atoms with Crippen LogP contribution in [0.15, 0.2) is 52.9 Å². The van der Waals surface area contributed by atoms with Crippen LogP contribution in [0.5, 0.6) is 0 Å². The van der Waals surface area contributed by atoms with Gasteiger partial charge in [-0.2, -0.15) is 4.98 Å². The molecule has 0 bridgehead atoms. The van der Waals surface area contributed by atoms with Gasteiger partial charge >= 0.3 is 0 Å². The number of para-hydroxylation sites is 2. The molecular weight excluding hydrogens is 368 g/mol. The predicted octanol–water partition coefficient (Wildman–Crippen LogP) is 3.11. The number of hydrogen-bond donors (Lipinski definition) is 2. The van der Waals surface area contributed by atoms with E-state index in [0.717, 1.165) is 41.7 Å². The summed E-state index contributed by atoms with van der Waals surface area (Å²) in [7, 11) is 0. The Bertz CT molecular complexity index is 979. The second-order valence-corrected chi connectivity index (χ2v) is 7.31. The minimum Gasteiger partial charge on any atom is -0.423 e. The van der Waals surface area contributed by atoms with Crippen LogP contribution in [0.2, 0.25) is 0 Å². The van der Waals surface area contributed by atoms with Crippen LogP contribution >= 0.6 is 0 Å². The highest BCUT2D eigenvalue weighted by atomic mass is 16.4. The van der Waals surface area contributed by atoms with Gasteiger partial charge in [0, 0.05) is 25.7 Å². The summed E-state index contributed by atoms with van der Waals surface area (Å²) in [6.45, 7) is 2.90. The van der Waals surface area contributed by atoms with Crippen molar-refractivity contribution in [2.24, 2.45) is 0 Å². The SMILES string of the molecule is CC(=O)Nc1ccc(CC(=O)NCC2CCCN2c2nc3ccccc3o2)cc1. The van der Waals surface area contributed by atoms with Gasteiger partial charge in [-0.15, -0.1) is 0 Å². The molecule has 1 aromatic heterocycles. The van der Waals surface area contributed by atoms with Gasteiger partial charge in [-0.1, -0.05) is 24.3 Å². The molecule has 150 valence electrons. The number of nitrogens with one attached hydrogen (secondary N) is 2. The van der Waals surface area contributed by atoms with E-state index in [1.807, 2.05) is 36.4 Å². The van der Waals surface area contributed by atoms with Gasteiger partial charge in [0.2, 0.25) is 11.8 Å². The van der Waals surface area contributed by atoms with Crippen molar-refractivity contribution in [3.8, 4) is 0 Å². The molecule has 7 nitrogen and oxygen atoms in total. The molecule has 1 unspecified atom stereocenters. The number of aromatic nitrogens is 1. The van der Waals surface area contributed by atoms with E-state index in [0.29, 0.717) is 19.0 Å².